The highest BCUT2D eigenvalue weighted by Gasteiger charge is 2.11. The smallest absolute Gasteiger partial charge is 0.224 e. The average Bonchev–Trinajstić information content (AvgIpc) is 3.17. The zero-order chi connectivity index (χ0) is 17.8. The van der Waals surface area contributed by atoms with E-state index < -0.39 is 0 Å². The fourth-order valence-corrected chi connectivity index (χ4v) is 2.84. The molecule has 0 atom stereocenters. The first-order valence-electron chi connectivity index (χ1n) is 8.23. The van der Waals surface area contributed by atoms with Crippen LogP contribution in [0.25, 0.3) is 0 Å². The van der Waals surface area contributed by atoms with Gasteiger partial charge >= 0.3 is 0 Å². The Labute approximate surface area is 146 Å². The van der Waals surface area contributed by atoms with E-state index in [1.54, 1.807) is 11.0 Å². The van der Waals surface area contributed by atoms with Crippen LogP contribution >= 0.6 is 0 Å². The van der Waals surface area contributed by atoms with Gasteiger partial charge in [-0.3, -0.25) is 9.48 Å². The van der Waals surface area contributed by atoms with Crippen molar-refractivity contribution in [2.24, 2.45) is 7.05 Å². The van der Waals surface area contributed by atoms with Gasteiger partial charge in [-0.05, 0) is 43.5 Å². The highest BCUT2D eigenvalue weighted by molar-refractivity contribution is 5.90. The number of aryl methyl sites for hydroxylation is 2. The van der Waals surface area contributed by atoms with Crippen molar-refractivity contribution in [1.82, 2.24) is 24.5 Å². The van der Waals surface area contributed by atoms with Crippen LogP contribution in [-0.4, -0.2) is 30.5 Å². The number of benzene rings is 1. The van der Waals surface area contributed by atoms with Crippen molar-refractivity contribution in [2.45, 2.75) is 33.2 Å². The predicted octanol–water partition coefficient (Wildman–Crippen LogP) is 2.25. The summed E-state index contributed by atoms with van der Waals surface area (Å²) in [5, 5.41) is 11.4. The molecule has 0 spiro atoms. The van der Waals surface area contributed by atoms with Crippen LogP contribution in [0, 0.1) is 13.8 Å². The van der Waals surface area contributed by atoms with E-state index in [2.05, 4.69) is 20.5 Å². The number of hydrogen-bond donors (Lipinski definition) is 1. The molecule has 0 aliphatic heterocycles. The molecule has 1 amide bonds. The molecule has 0 fully saturated rings. The Bertz CT molecular complexity index is 849. The lowest BCUT2D eigenvalue weighted by atomic mass is 10.1. The molecule has 25 heavy (non-hydrogen) atoms. The lowest BCUT2D eigenvalue weighted by Gasteiger charge is -2.07. The van der Waals surface area contributed by atoms with Gasteiger partial charge in [-0.1, -0.05) is 12.1 Å². The molecular formula is C18H22N6O. The summed E-state index contributed by atoms with van der Waals surface area (Å²) in [6, 6.07) is 7.77. The van der Waals surface area contributed by atoms with Gasteiger partial charge < -0.3 is 5.32 Å². The molecule has 2 aromatic heterocycles. The third-order valence-corrected chi connectivity index (χ3v) is 4.31. The molecule has 130 valence electrons. The average molecular weight is 338 g/mol. The maximum Gasteiger partial charge on any atom is 0.224 e. The first-order valence-corrected chi connectivity index (χ1v) is 8.23. The first-order chi connectivity index (χ1) is 12.0. The number of amides is 1. The van der Waals surface area contributed by atoms with E-state index in [9.17, 15) is 4.79 Å². The third-order valence-electron chi connectivity index (χ3n) is 4.31. The van der Waals surface area contributed by atoms with E-state index in [0.717, 1.165) is 28.2 Å². The molecule has 0 saturated heterocycles. The molecule has 0 saturated carbocycles. The van der Waals surface area contributed by atoms with Crippen molar-refractivity contribution in [2.75, 3.05) is 5.32 Å². The molecule has 3 aromatic rings. The quantitative estimate of drug-likeness (QED) is 0.748. The highest BCUT2D eigenvalue weighted by Crippen LogP contribution is 2.15. The molecule has 7 heteroatoms. The molecule has 7 nitrogen and oxygen atoms in total. The van der Waals surface area contributed by atoms with E-state index in [1.807, 2.05) is 49.8 Å². The fraction of sp³-hybridized carbons (Fsp3) is 0.333. The summed E-state index contributed by atoms with van der Waals surface area (Å²) in [5.74, 6) is 0.00618. The minimum atomic E-state index is 0.00618. The Balaban J connectivity index is 1.54. The normalized spacial score (nSPS) is 10.8. The van der Waals surface area contributed by atoms with Crippen LogP contribution in [0.5, 0.6) is 0 Å². The standard InChI is InChI=1S/C18H22N6O/c1-13-17(14(2)23(3)22-13)8-9-18(25)21-16-6-4-15(5-7-16)10-24-12-19-11-20-24/h4-7,11-12H,8-10H2,1-3H3,(H,21,25). The minimum Gasteiger partial charge on any atom is -0.326 e. The third kappa shape index (κ3) is 4.12. The molecule has 0 radical (unpaired) electrons. The lowest BCUT2D eigenvalue weighted by molar-refractivity contribution is -0.116. The predicted molar refractivity (Wildman–Crippen MR) is 95.2 cm³/mol. The van der Waals surface area contributed by atoms with E-state index in [1.165, 1.54) is 6.33 Å². The van der Waals surface area contributed by atoms with Crippen LogP contribution in [0.15, 0.2) is 36.9 Å². The van der Waals surface area contributed by atoms with Crippen LogP contribution in [0.3, 0.4) is 0 Å². The monoisotopic (exact) mass is 338 g/mol. The van der Waals surface area contributed by atoms with E-state index in [4.69, 9.17) is 0 Å². The van der Waals surface area contributed by atoms with Crippen molar-refractivity contribution in [3.8, 4) is 0 Å². The maximum absolute atomic E-state index is 12.2. The Hall–Kier alpha value is -2.96. The molecule has 1 N–H and O–H groups in total. The molecule has 1 aromatic carbocycles. The van der Waals surface area contributed by atoms with Crippen LogP contribution in [0.4, 0.5) is 5.69 Å². The molecular weight excluding hydrogens is 316 g/mol. The number of nitrogens with one attached hydrogen (secondary N) is 1. The number of carbonyl (C=O) groups is 1. The van der Waals surface area contributed by atoms with Crippen molar-refractivity contribution in [3.63, 3.8) is 0 Å². The van der Waals surface area contributed by atoms with Crippen LogP contribution in [0.1, 0.15) is 28.9 Å². The zero-order valence-corrected chi connectivity index (χ0v) is 14.7. The number of carbonyl (C=O) groups excluding carboxylic acids is 1. The van der Waals surface area contributed by atoms with Crippen molar-refractivity contribution < 1.29 is 4.79 Å². The molecule has 2 heterocycles. The van der Waals surface area contributed by atoms with E-state index in [0.29, 0.717) is 19.4 Å². The van der Waals surface area contributed by atoms with E-state index >= 15 is 0 Å². The molecule has 3 rings (SSSR count). The number of rotatable bonds is 6. The molecule has 0 bridgehead atoms. The fourth-order valence-electron chi connectivity index (χ4n) is 2.84. The molecule has 0 aliphatic rings. The van der Waals surface area contributed by atoms with Gasteiger partial charge in [0, 0.05) is 24.8 Å². The van der Waals surface area contributed by atoms with Gasteiger partial charge in [-0.15, -0.1) is 0 Å². The first kappa shape index (κ1) is 16.9. The lowest BCUT2D eigenvalue weighted by Crippen LogP contribution is -2.13. The van der Waals surface area contributed by atoms with E-state index in [-0.39, 0.29) is 5.91 Å². The zero-order valence-electron chi connectivity index (χ0n) is 14.7. The Morgan fingerprint density at radius 2 is 1.96 bits per heavy atom. The van der Waals surface area contributed by atoms with Crippen LogP contribution in [-0.2, 0) is 24.8 Å². The second kappa shape index (κ2) is 7.29. The van der Waals surface area contributed by atoms with Gasteiger partial charge in [0.05, 0.1) is 12.2 Å². The second-order valence-corrected chi connectivity index (χ2v) is 6.11. The Morgan fingerprint density at radius 3 is 2.56 bits per heavy atom. The minimum absolute atomic E-state index is 0.00618. The maximum atomic E-state index is 12.2. The summed E-state index contributed by atoms with van der Waals surface area (Å²) in [6.45, 7) is 4.67. The van der Waals surface area contributed by atoms with Crippen molar-refractivity contribution in [1.29, 1.82) is 0 Å². The summed E-state index contributed by atoms with van der Waals surface area (Å²) in [4.78, 5) is 16.1. The van der Waals surface area contributed by atoms with Gasteiger partial charge in [-0.25, -0.2) is 9.67 Å². The van der Waals surface area contributed by atoms with Crippen LogP contribution in [0.2, 0.25) is 0 Å². The van der Waals surface area contributed by atoms with Crippen molar-refractivity contribution in [3.05, 3.63) is 59.4 Å². The Morgan fingerprint density at radius 1 is 1.20 bits per heavy atom. The van der Waals surface area contributed by atoms with Gasteiger partial charge in [0.25, 0.3) is 0 Å². The van der Waals surface area contributed by atoms with Gasteiger partial charge in [0.15, 0.2) is 0 Å². The Kier molecular flexibility index (Phi) is 4.92. The SMILES string of the molecule is Cc1nn(C)c(C)c1CCC(=O)Nc1ccc(Cn2cncn2)cc1. The molecule has 0 aliphatic carbocycles. The highest BCUT2D eigenvalue weighted by atomic mass is 16.1. The summed E-state index contributed by atoms with van der Waals surface area (Å²) in [5.41, 5.74) is 5.16. The summed E-state index contributed by atoms with van der Waals surface area (Å²) in [7, 11) is 1.92. The van der Waals surface area contributed by atoms with Gasteiger partial charge in [0.2, 0.25) is 5.91 Å². The largest absolute Gasteiger partial charge is 0.326 e. The number of aromatic nitrogens is 5. The van der Waals surface area contributed by atoms with Gasteiger partial charge in [-0.2, -0.15) is 10.2 Å². The summed E-state index contributed by atoms with van der Waals surface area (Å²) >= 11 is 0. The second-order valence-electron chi connectivity index (χ2n) is 6.11. The number of anilines is 1. The number of hydrogen-bond acceptors (Lipinski definition) is 4. The number of nitrogens with zero attached hydrogens (tertiary/aromatic N) is 5. The van der Waals surface area contributed by atoms with Crippen LogP contribution < -0.4 is 5.32 Å². The summed E-state index contributed by atoms with van der Waals surface area (Å²) < 4.78 is 3.61. The van der Waals surface area contributed by atoms with Crippen molar-refractivity contribution >= 4 is 11.6 Å². The van der Waals surface area contributed by atoms with Gasteiger partial charge in [0.1, 0.15) is 12.7 Å². The molecule has 0 unspecified atom stereocenters. The summed E-state index contributed by atoms with van der Waals surface area (Å²) in [6.07, 6.45) is 4.33. The topological polar surface area (TPSA) is 77.6 Å².